The SMILES string of the molecule is CCC(OS(=O)(=O)O)[C@H](O[C@@H]1OC(C(=O)O)=C[C@@H](O)C1OS(=O)(=O)O)[C@@H](O)C(CO[C@H]1C(C(=O)O)O[C@@H](OC(C(OC)OS(=O)(=O)O)[C@@H](O)CNS(=O)(=O)O)C(OS(=O)(=O)O)[C@@H]1O)NS(=O)(=O)O. The fraction of sp³-hybridized carbons (Fsp3) is 0.833. The maximum Gasteiger partial charge on any atom is 0.399 e. The molecule has 14 N–H and O–H groups in total. The lowest BCUT2D eigenvalue weighted by atomic mass is 9.97. The zero-order chi connectivity index (χ0) is 52.7. The quantitative estimate of drug-likeness (QED) is 0.0244. The highest BCUT2D eigenvalue weighted by atomic mass is 32.3. The normalized spacial score (nSPS) is 27.7. The van der Waals surface area contributed by atoms with E-state index in [9.17, 15) is 113 Å². The third kappa shape index (κ3) is 20.6. The van der Waals surface area contributed by atoms with Gasteiger partial charge in [0.2, 0.25) is 18.3 Å². The highest BCUT2D eigenvalue weighted by Gasteiger charge is 2.54. The van der Waals surface area contributed by atoms with Crippen LogP contribution in [0.5, 0.6) is 0 Å². The molecule has 0 radical (unpaired) electrons. The van der Waals surface area contributed by atoms with Crippen LogP contribution in [-0.2, 0) is 117 Å². The molecule has 0 aliphatic carbocycles. The van der Waals surface area contributed by atoms with Crippen LogP contribution < -0.4 is 9.44 Å². The molecule has 2 aliphatic heterocycles. The predicted octanol–water partition coefficient (Wildman–Crippen LogP) is -8.36. The summed E-state index contributed by atoms with van der Waals surface area (Å²) in [5.74, 6) is -5.67. The highest BCUT2D eigenvalue weighted by molar-refractivity contribution is 7.84. The van der Waals surface area contributed by atoms with E-state index in [-0.39, 0.29) is 6.08 Å². The molecule has 0 aromatic carbocycles. The predicted molar refractivity (Wildman–Crippen MR) is 201 cm³/mol. The molecular weight excluding hydrogens is 1080 g/mol. The standard InChI is InChI=1S/C24H42N2O36S6/c1-3-10(59-65(41,42)43)16(57-23-15(60-66(44,45)46)8(27)4-11(55-23)20(31)32)12(29)7(26-64(38,39)40)6-54-17-13(30)18(61-67(47,48)49)24(58-19(17)21(33)34)56-14(9(28)5-25-63(35,36)37)22(53-2)62-68(50,51)52/h4,7-10,12-19,22-30H,3,5-6H2,1-2H3,(H,31,32)(H,33,34)(H,35,36,37)(H,38,39,40)(H,41,42,43)(H,44,45,46)(H,47,48,49)(H,50,51,52)/t7?,8-,9+,10?,12+,13-,14?,15?,16+,17-,18?,19?,22?,23+,24-/m1/s1. The zero-order valence-electron chi connectivity index (χ0n) is 33.5. The minimum Gasteiger partial charge on any atom is -0.479 e. The summed E-state index contributed by atoms with van der Waals surface area (Å²) in [5.41, 5.74) is 0. The van der Waals surface area contributed by atoms with Gasteiger partial charge in [-0.3, -0.25) is 27.3 Å². The molecule has 2 aliphatic rings. The average molecular weight is 1130 g/mol. The molecule has 0 bridgehead atoms. The van der Waals surface area contributed by atoms with Crippen LogP contribution in [0, 0.1) is 0 Å². The summed E-state index contributed by atoms with van der Waals surface area (Å²) in [6, 6.07) is -2.73. The molecule has 38 nitrogen and oxygen atoms in total. The number of ether oxygens (including phenoxy) is 6. The van der Waals surface area contributed by atoms with Crippen LogP contribution in [0.25, 0.3) is 0 Å². The number of carboxylic acid groups (broad SMARTS) is 2. The van der Waals surface area contributed by atoms with Gasteiger partial charge in [-0.2, -0.15) is 60.0 Å². The first kappa shape index (κ1) is 61.5. The van der Waals surface area contributed by atoms with Crippen LogP contribution in [0.2, 0.25) is 0 Å². The summed E-state index contributed by atoms with van der Waals surface area (Å²) < 4.78 is 247. The first-order valence-corrected chi connectivity index (χ1v) is 25.8. The van der Waals surface area contributed by atoms with Gasteiger partial charge in [0, 0.05) is 13.7 Å². The summed E-state index contributed by atoms with van der Waals surface area (Å²) in [6.07, 6.45) is -39.2. The minimum absolute atomic E-state index is 0.268. The number of aliphatic hydroxyl groups excluding tert-OH is 4. The fourth-order valence-electron chi connectivity index (χ4n) is 5.71. The molecular formula is C24H42N2O36S6. The molecule has 2 heterocycles. The summed E-state index contributed by atoms with van der Waals surface area (Å²) in [7, 11) is -33.4. The number of methoxy groups -OCH3 is 1. The molecule has 0 aromatic rings. The van der Waals surface area contributed by atoms with Gasteiger partial charge in [-0.05, 0) is 12.5 Å². The summed E-state index contributed by atoms with van der Waals surface area (Å²) in [5, 5.41) is 63.4. The van der Waals surface area contributed by atoms with Gasteiger partial charge in [0.1, 0.15) is 42.7 Å². The Kier molecular flexibility index (Phi) is 21.8. The topological polar surface area (TPSA) is 598 Å². The summed E-state index contributed by atoms with van der Waals surface area (Å²) >= 11 is 0. The molecule has 44 heteroatoms. The van der Waals surface area contributed by atoms with E-state index >= 15 is 0 Å². The summed E-state index contributed by atoms with van der Waals surface area (Å²) in [6.45, 7) is -2.21. The van der Waals surface area contributed by atoms with Crippen LogP contribution >= 0.6 is 0 Å². The molecule has 0 saturated carbocycles. The number of aliphatic hydroxyl groups is 4. The molecule has 1 saturated heterocycles. The van der Waals surface area contributed by atoms with E-state index in [1.807, 2.05) is 0 Å². The van der Waals surface area contributed by atoms with Gasteiger partial charge in [-0.1, -0.05) is 6.92 Å². The van der Waals surface area contributed by atoms with Crippen LogP contribution in [-0.4, -0.2) is 233 Å². The molecule has 7 unspecified atom stereocenters. The molecule has 0 amide bonds. The van der Waals surface area contributed by atoms with Crippen molar-refractivity contribution in [3.05, 3.63) is 11.8 Å². The smallest absolute Gasteiger partial charge is 0.399 e. The number of hydrogen-bond acceptors (Lipinski definition) is 28. The third-order valence-electron chi connectivity index (χ3n) is 8.30. The number of carbonyl (C=O) groups is 2. The van der Waals surface area contributed by atoms with Crippen molar-refractivity contribution >= 4 is 74.1 Å². The number of aliphatic carboxylic acids is 2. The van der Waals surface area contributed by atoms with Crippen LogP contribution in [0.15, 0.2) is 11.8 Å². The van der Waals surface area contributed by atoms with E-state index in [0.717, 1.165) is 6.92 Å². The Bertz CT molecular complexity index is 2450. The Morgan fingerprint density at radius 3 is 1.71 bits per heavy atom. The average Bonchev–Trinajstić information content (AvgIpc) is 3.14. The molecule has 68 heavy (non-hydrogen) atoms. The monoisotopic (exact) mass is 1130 g/mol. The van der Waals surface area contributed by atoms with Crippen molar-refractivity contribution in [2.75, 3.05) is 20.3 Å². The van der Waals surface area contributed by atoms with Crippen LogP contribution in [0.4, 0.5) is 0 Å². The molecule has 1 fully saturated rings. The first-order valence-electron chi connectivity index (χ1n) is 17.4. The van der Waals surface area contributed by atoms with Crippen molar-refractivity contribution < 1.29 is 163 Å². The molecule has 0 aromatic heterocycles. The lowest BCUT2D eigenvalue weighted by molar-refractivity contribution is -0.327. The number of rotatable bonds is 29. The lowest BCUT2D eigenvalue weighted by Gasteiger charge is -2.44. The van der Waals surface area contributed by atoms with Crippen molar-refractivity contribution in [3.63, 3.8) is 0 Å². The second-order valence-corrected chi connectivity index (χ2v) is 19.8. The maximum atomic E-state index is 12.5. The van der Waals surface area contributed by atoms with E-state index in [4.69, 9.17) is 28.2 Å². The van der Waals surface area contributed by atoms with Crippen LogP contribution in [0.3, 0.4) is 0 Å². The lowest BCUT2D eigenvalue weighted by Crippen LogP contribution is -2.65. The molecule has 0 spiro atoms. The first-order chi connectivity index (χ1) is 30.7. The Morgan fingerprint density at radius 2 is 1.26 bits per heavy atom. The highest BCUT2D eigenvalue weighted by Crippen LogP contribution is 2.32. The van der Waals surface area contributed by atoms with E-state index in [1.165, 1.54) is 9.44 Å². The van der Waals surface area contributed by atoms with E-state index < -0.39 is 192 Å². The van der Waals surface area contributed by atoms with E-state index in [1.54, 1.807) is 0 Å². The van der Waals surface area contributed by atoms with Crippen molar-refractivity contribution in [1.82, 2.24) is 9.44 Å². The third-order valence-corrected chi connectivity index (χ3v) is 11.3. The fourth-order valence-corrected chi connectivity index (χ4v) is 8.64. The van der Waals surface area contributed by atoms with E-state index in [0.29, 0.717) is 7.11 Å². The van der Waals surface area contributed by atoms with Crippen molar-refractivity contribution in [1.29, 1.82) is 0 Å². The molecule has 2 rings (SSSR count). The van der Waals surface area contributed by atoms with E-state index in [2.05, 4.69) is 21.5 Å². The number of carboxylic acids is 2. The maximum absolute atomic E-state index is 12.5. The number of nitrogens with one attached hydrogen (secondary N) is 2. The minimum atomic E-state index is -5.95. The Hall–Kier alpha value is -2.66. The zero-order valence-corrected chi connectivity index (χ0v) is 38.4. The number of hydrogen-bond donors (Lipinski definition) is 14. The van der Waals surface area contributed by atoms with Gasteiger partial charge >= 0.3 is 74.1 Å². The van der Waals surface area contributed by atoms with Crippen LogP contribution in [0.1, 0.15) is 13.3 Å². The Labute approximate surface area is 383 Å². The Morgan fingerprint density at radius 1 is 0.735 bits per heavy atom. The van der Waals surface area contributed by atoms with Gasteiger partial charge in [0.05, 0.1) is 18.8 Å². The second kappa shape index (κ2) is 24.2. The van der Waals surface area contributed by atoms with Gasteiger partial charge < -0.3 is 59.1 Å². The van der Waals surface area contributed by atoms with Crippen molar-refractivity contribution in [2.45, 2.75) is 105 Å². The molecule has 15 atom stereocenters. The largest absolute Gasteiger partial charge is 0.479 e. The van der Waals surface area contributed by atoms with Gasteiger partial charge in [0.25, 0.3) is 0 Å². The van der Waals surface area contributed by atoms with Crippen molar-refractivity contribution in [2.24, 2.45) is 0 Å². The second-order valence-electron chi connectivity index (χ2n) is 13.2. The summed E-state index contributed by atoms with van der Waals surface area (Å²) in [4.78, 5) is 24.2. The van der Waals surface area contributed by atoms with Crippen molar-refractivity contribution in [3.8, 4) is 0 Å². The Balaban J connectivity index is 2.76. The van der Waals surface area contributed by atoms with Gasteiger partial charge in [0.15, 0.2) is 24.6 Å². The van der Waals surface area contributed by atoms with Gasteiger partial charge in [-0.25, -0.2) is 26.3 Å². The molecule has 400 valence electrons. The van der Waals surface area contributed by atoms with Gasteiger partial charge in [-0.15, -0.1) is 0 Å².